The topological polar surface area (TPSA) is 21.3 Å². The van der Waals surface area contributed by atoms with Crippen LogP contribution in [0.4, 0.5) is 5.69 Å². The van der Waals surface area contributed by atoms with Gasteiger partial charge in [0.2, 0.25) is 0 Å². The first-order valence-corrected chi connectivity index (χ1v) is 8.19. The summed E-state index contributed by atoms with van der Waals surface area (Å²) in [4.78, 5) is 0. The highest BCUT2D eigenvalue weighted by molar-refractivity contribution is 6.32. The third-order valence-corrected chi connectivity index (χ3v) is 5.54. The zero-order valence-corrected chi connectivity index (χ0v) is 13.0. The Bertz CT molecular complexity index is 458. The highest BCUT2D eigenvalue weighted by Gasteiger charge is 2.37. The molecule has 0 atom stereocenters. The van der Waals surface area contributed by atoms with E-state index in [0.717, 1.165) is 11.4 Å². The predicted molar refractivity (Wildman–Crippen MR) is 84.8 cm³/mol. The number of rotatable bonds is 3. The van der Waals surface area contributed by atoms with Crippen molar-refractivity contribution in [2.24, 2.45) is 5.41 Å². The van der Waals surface area contributed by atoms with Crippen molar-refractivity contribution in [2.45, 2.75) is 57.4 Å². The van der Waals surface area contributed by atoms with Crippen molar-refractivity contribution in [3.63, 3.8) is 0 Å². The molecule has 0 aromatic heterocycles. The van der Waals surface area contributed by atoms with Gasteiger partial charge in [0.15, 0.2) is 0 Å². The molecule has 0 radical (unpaired) electrons. The number of methoxy groups -OCH3 is 1. The Balaban J connectivity index is 1.59. The lowest BCUT2D eigenvalue weighted by molar-refractivity contribution is 0.188. The van der Waals surface area contributed by atoms with Crippen LogP contribution in [0.15, 0.2) is 18.2 Å². The molecule has 0 saturated heterocycles. The summed E-state index contributed by atoms with van der Waals surface area (Å²) in [5.74, 6) is 0.750. The third-order valence-electron chi connectivity index (χ3n) is 5.23. The number of hydrogen-bond acceptors (Lipinski definition) is 2. The second kappa shape index (κ2) is 5.85. The standard InChI is InChI=1S/C17H24ClNO/c1-20-16-12-14(4-5-15(16)18)19-13-6-10-17(11-7-13)8-2-3-9-17/h4-5,12-13,19H,2-3,6-11H2,1H3. The van der Waals surface area contributed by atoms with Crippen LogP contribution >= 0.6 is 11.6 Å². The molecule has 110 valence electrons. The summed E-state index contributed by atoms with van der Waals surface area (Å²) in [6.45, 7) is 0. The predicted octanol–water partition coefficient (Wildman–Crippen LogP) is 5.26. The molecule has 0 bridgehead atoms. The van der Waals surface area contributed by atoms with Gasteiger partial charge < -0.3 is 10.1 Å². The molecule has 2 saturated carbocycles. The quantitative estimate of drug-likeness (QED) is 0.820. The fraction of sp³-hybridized carbons (Fsp3) is 0.647. The van der Waals surface area contributed by atoms with Crippen LogP contribution in [0.3, 0.4) is 0 Å². The van der Waals surface area contributed by atoms with Crippen LogP contribution in [-0.4, -0.2) is 13.2 Å². The summed E-state index contributed by atoms with van der Waals surface area (Å²) in [6, 6.07) is 6.56. The zero-order chi connectivity index (χ0) is 14.0. The van der Waals surface area contributed by atoms with E-state index in [1.54, 1.807) is 7.11 Å². The Hall–Kier alpha value is -0.890. The van der Waals surface area contributed by atoms with Crippen LogP contribution in [0, 0.1) is 5.41 Å². The molecule has 1 spiro atoms. The molecule has 0 unspecified atom stereocenters. The minimum Gasteiger partial charge on any atom is -0.495 e. The van der Waals surface area contributed by atoms with Gasteiger partial charge in [0.05, 0.1) is 12.1 Å². The van der Waals surface area contributed by atoms with Crippen LogP contribution in [-0.2, 0) is 0 Å². The lowest BCUT2D eigenvalue weighted by Crippen LogP contribution is -2.31. The number of anilines is 1. The van der Waals surface area contributed by atoms with E-state index in [1.807, 2.05) is 18.2 Å². The van der Waals surface area contributed by atoms with Gasteiger partial charge in [0.1, 0.15) is 5.75 Å². The Morgan fingerprint density at radius 1 is 1.15 bits per heavy atom. The maximum Gasteiger partial charge on any atom is 0.139 e. The maximum absolute atomic E-state index is 6.07. The summed E-state index contributed by atoms with van der Waals surface area (Å²) < 4.78 is 5.28. The summed E-state index contributed by atoms with van der Waals surface area (Å²) in [5, 5.41) is 4.32. The SMILES string of the molecule is COc1cc(NC2CCC3(CCCC3)CC2)ccc1Cl. The van der Waals surface area contributed by atoms with Crippen LogP contribution in [0.25, 0.3) is 0 Å². The molecule has 3 heteroatoms. The second-order valence-corrected chi connectivity index (χ2v) is 6.88. The number of hydrogen-bond donors (Lipinski definition) is 1. The molecule has 1 aromatic carbocycles. The van der Waals surface area contributed by atoms with Gasteiger partial charge >= 0.3 is 0 Å². The smallest absolute Gasteiger partial charge is 0.139 e. The normalized spacial score (nSPS) is 22.1. The van der Waals surface area contributed by atoms with Crippen LogP contribution in [0.5, 0.6) is 5.75 Å². The fourth-order valence-electron chi connectivity index (χ4n) is 3.98. The van der Waals surface area contributed by atoms with Crippen molar-refractivity contribution in [3.8, 4) is 5.75 Å². The lowest BCUT2D eigenvalue weighted by Gasteiger charge is -2.37. The molecular weight excluding hydrogens is 270 g/mol. The molecular formula is C17H24ClNO. The molecule has 2 aliphatic rings. The molecule has 1 aromatic rings. The molecule has 3 rings (SSSR count). The minimum absolute atomic E-state index is 0.604. The van der Waals surface area contributed by atoms with Gasteiger partial charge in [-0.15, -0.1) is 0 Å². The van der Waals surface area contributed by atoms with Crippen LogP contribution in [0.2, 0.25) is 5.02 Å². The Morgan fingerprint density at radius 2 is 1.85 bits per heavy atom. The first-order valence-electron chi connectivity index (χ1n) is 7.81. The summed E-state index contributed by atoms with van der Waals surface area (Å²) in [6.07, 6.45) is 11.2. The van der Waals surface area contributed by atoms with Gasteiger partial charge in [0, 0.05) is 17.8 Å². The van der Waals surface area contributed by atoms with Crippen LogP contribution < -0.4 is 10.1 Å². The average molecular weight is 294 g/mol. The van der Waals surface area contributed by atoms with E-state index in [0.29, 0.717) is 16.5 Å². The van der Waals surface area contributed by atoms with Gasteiger partial charge in [-0.1, -0.05) is 24.4 Å². The van der Waals surface area contributed by atoms with E-state index in [-0.39, 0.29) is 0 Å². The first-order chi connectivity index (χ1) is 9.71. The van der Waals surface area contributed by atoms with Gasteiger partial charge in [-0.2, -0.15) is 0 Å². The third kappa shape index (κ3) is 2.90. The summed E-state index contributed by atoms with van der Waals surface area (Å²) >= 11 is 6.07. The fourth-order valence-corrected chi connectivity index (χ4v) is 4.18. The van der Waals surface area contributed by atoms with Gasteiger partial charge in [0.25, 0.3) is 0 Å². The molecule has 2 fully saturated rings. The molecule has 0 amide bonds. The van der Waals surface area contributed by atoms with Crippen molar-refractivity contribution in [1.82, 2.24) is 0 Å². The minimum atomic E-state index is 0.604. The van der Waals surface area contributed by atoms with Crippen molar-refractivity contribution >= 4 is 17.3 Å². The maximum atomic E-state index is 6.07. The summed E-state index contributed by atoms with van der Waals surface area (Å²) in [5.41, 5.74) is 1.83. The van der Waals surface area contributed by atoms with Crippen LogP contribution in [0.1, 0.15) is 51.4 Å². The van der Waals surface area contributed by atoms with E-state index in [1.165, 1.54) is 51.4 Å². The number of benzene rings is 1. The van der Waals surface area contributed by atoms with E-state index in [2.05, 4.69) is 5.32 Å². The largest absolute Gasteiger partial charge is 0.495 e. The highest BCUT2D eigenvalue weighted by atomic mass is 35.5. The molecule has 0 aliphatic heterocycles. The van der Waals surface area contributed by atoms with Crippen molar-refractivity contribution in [2.75, 3.05) is 12.4 Å². The summed E-state index contributed by atoms with van der Waals surface area (Å²) in [7, 11) is 1.66. The van der Waals surface area contributed by atoms with E-state index < -0.39 is 0 Å². The Kier molecular flexibility index (Phi) is 4.11. The van der Waals surface area contributed by atoms with Gasteiger partial charge in [-0.3, -0.25) is 0 Å². The van der Waals surface area contributed by atoms with E-state index >= 15 is 0 Å². The van der Waals surface area contributed by atoms with Gasteiger partial charge in [-0.25, -0.2) is 0 Å². The number of nitrogens with one attached hydrogen (secondary N) is 1. The monoisotopic (exact) mass is 293 g/mol. The van der Waals surface area contributed by atoms with E-state index in [9.17, 15) is 0 Å². The second-order valence-electron chi connectivity index (χ2n) is 6.48. The number of halogens is 1. The van der Waals surface area contributed by atoms with E-state index in [4.69, 9.17) is 16.3 Å². The molecule has 2 nitrogen and oxygen atoms in total. The van der Waals surface area contributed by atoms with Crippen molar-refractivity contribution in [3.05, 3.63) is 23.2 Å². The molecule has 2 aliphatic carbocycles. The zero-order valence-electron chi connectivity index (χ0n) is 12.3. The Morgan fingerprint density at radius 3 is 2.50 bits per heavy atom. The number of ether oxygens (including phenoxy) is 1. The lowest BCUT2D eigenvalue weighted by atomic mass is 9.71. The molecule has 20 heavy (non-hydrogen) atoms. The molecule has 1 N–H and O–H groups in total. The first kappa shape index (κ1) is 14.1. The molecule has 0 heterocycles. The van der Waals surface area contributed by atoms with Gasteiger partial charge in [-0.05, 0) is 56.1 Å². The Labute approximate surface area is 126 Å². The van der Waals surface area contributed by atoms with Crippen molar-refractivity contribution in [1.29, 1.82) is 0 Å². The highest BCUT2D eigenvalue weighted by Crippen LogP contribution is 2.49. The van der Waals surface area contributed by atoms with Crippen molar-refractivity contribution < 1.29 is 4.74 Å². The average Bonchev–Trinajstić information content (AvgIpc) is 2.92.